The lowest BCUT2D eigenvalue weighted by atomic mass is 9.89. The number of nitrogens with one attached hydrogen (secondary N) is 1. The fraction of sp³-hybridized carbons (Fsp3) is 0.440. The molecule has 1 saturated heterocycles. The van der Waals surface area contributed by atoms with E-state index in [0.717, 1.165) is 37.1 Å². The second-order valence-electron chi connectivity index (χ2n) is 8.41. The SMILES string of the molecule is CC(C)OCc1ccc(CNC(=O)CN2CCC(C(=O)c3ccc(O)cc3)CC2)cc1. The first kappa shape index (κ1) is 23.0. The summed E-state index contributed by atoms with van der Waals surface area (Å²) in [5.41, 5.74) is 2.81. The number of nitrogens with zero attached hydrogens (tertiary/aromatic N) is 1. The van der Waals surface area contributed by atoms with Gasteiger partial charge in [-0.3, -0.25) is 14.5 Å². The Labute approximate surface area is 184 Å². The molecular weight excluding hydrogens is 392 g/mol. The molecule has 1 amide bonds. The molecule has 2 aromatic carbocycles. The van der Waals surface area contributed by atoms with E-state index >= 15 is 0 Å². The molecule has 166 valence electrons. The number of hydrogen-bond acceptors (Lipinski definition) is 5. The van der Waals surface area contributed by atoms with Crippen molar-refractivity contribution in [2.24, 2.45) is 5.92 Å². The monoisotopic (exact) mass is 424 g/mol. The average molecular weight is 425 g/mol. The third-order valence-electron chi connectivity index (χ3n) is 5.57. The summed E-state index contributed by atoms with van der Waals surface area (Å²) in [5.74, 6) is 0.248. The summed E-state index contributed by atoms with van der Waals surface area (Å²) in [6.07, 6.45) is 1.69. The zero-order valence-corrected chi connectivity index (χ0v) is 18.3. The van der Waals surface area contributed by atoms with Crippen molar-refractivity contribution >= 4 is 11.7 Å². The van der Waals surface area contributed by atoms with Gasteiger partial charge in [0, 0.05) is 18.0 Å². The second-order valence-corrected chi connectivity index (χ2v) is 8.41. The number of piperidine rings is 1. The van der Waals surface area contributed by atoms with Gasteiger partial charge in [-0.15, -0.1) is 0 Å². The van der Waals surface area contributed by atoms with E-state index < -0.39 is 0 Å². The van der Waals surface area contributed by atoms with Crippen molar-refractivity contribution < 1.29 is 19.4 Å². The van der Waals surface area contributed by atoms with E-state index in [-0.39, 0.29) is 29.5 Å². The molecule has 2 aromatic rings. The Morgan fingerprint density at radius 2 is 1.65 bits per heavy atom. The lowest BCUT2D eigenvalue weighted by Gasteiger charge is -2.30. The number of amides is 1. The number of rotatable bonds is 9. The van der Waals surface area contributed by atoms with Gasteiger partial charge in [0.25, 0.3) is 0 Å². The van der Waals surface area contributed by atoms with Crippen LogP contribution in [-0.2, 0) is 22.7 Å². The maximum atomic E-state index is 12.6. The van der Waals surface area contributed by atoms with Gasteiger partial charge in [-0.25, -0.2) is 0 Å². The number of ether oxygens (including phenoxy) is 1. The number of phenolic OH excluding ortho intramolecular Hbond substituents is 1. The van der Waals surface area contributed by atoms with Crippen LogP contribution in [0.1, 0.15) is 48.2 Å². The average Bonchev–Trinajstić information content (AvgIpc) is 2.77. The third-order valence-corrected chi connectivity index (χ3v) is 5.57. The highest BCUT2D eigenvalue weighted by Crippen LogP contribution is 2.22. The molecule has 31 heavy (non-hydrogen) atoms. The Morgan fingerprint density at radius 1 is 1.03 bits per heavy atom. The molecule has 3 rings (SSSR count). The summed E-state index contributed by atoms with van der Waals surface area (Å²) in [7, 11) is 0. The fourth-order valence-electron chi connectivity index (χ4n) is 3.69. The van der Waals surface area contributed by atoms with Crippen molar-refractivity contribution in [3.63, 3.8) is 0 Å². The van der Waals surface area contributed by atoms with E-state index in [9.17, 15) is 14.7 Å². The smallest absolute Gasteiger partial charge is 0.234 e. The van der Waals surface area contributed by atoms with E-state index in [1.807, 2.05) is 38.1 Å². The minimum atomic E-state index is -0.0259. The highest BCUT2D eigenvalue weighted by molar-refractivity contribution is 5.98. The van der Waals surface area contributed by atoms with Gasteiger partial charge in [-0.05, 0) is 75.2 Å². The number of hydrogen-bond donors (Lipinski definition) is 2. The summed E-state index contributed by atoms with van der Waals surface area (Å²) in [5, 5.41) is 12.4. The summed E-state index contributed by atoms with van der Waals surface area (Å²) in [6.45, 7) is 6.93. The molecule has 1 heterocycles. The molecule has 0 saturated carbocycles. The van der Waals surface area contributed by atoms with Crippen LogP contribution in [0.3, 0.4) is 0 Å². The molecule has 0 aromatic heterocycles. The van der Waals surface area contributed by atoms with Crippen molar-refractivity contribution in [3.05, 3.63) is 65.2 Å². The first-order valence-corrected chi connectivity index (χ1v) is 10.9. The van der Waals surface area contributed by atoms with E-state index in [1.165, 1.54) is 0 Å². The molecule has 0 radical (unpaired) electrons. The number of Topliss-reactive ketones (excluding diaryl/α,β-unsaturated/α-hetero) is 1. The van der Waals surface area contributed by atoms with Crippen LogP contribution in [0.5, 0.6) is 5.75 Å². The van der Waals surface area contributed by atoms with Crippen LogP contribution < -0.4 is 5.32 Å². The molecule has 1 aliphatic rings. The molecule has 6 nitrogen and oxygen atoms in total. The van der Waals surface area contributed by atoms with Crippen molar-refractivity contribution in [1.29, 1.82) is 0 Å². The molecule has 6 heteroatoms. The van der Waals surface area contributed by atoms with Crippen LogP contribution in [0.15, 0.2) is 48.5 Å². The number of ketones is 1. The molecule has 1 fully saturated rings. The van der Waals surface area contributed by atoms with Crippen LogP contribution in [0.2, 0.25) is 0 Å². The van der Waals surface area contributed by atoms with Gasteiger partial charge >= 0.3 is 0 Å². The van der Waals surface area contributed by atoms with Crippen molar-refractivity contribution in [2.45, 2.75) is 45.9 Å². The Morgan fingerprint density at radius 3 is 2.26 bits per heavy atom. The molecule has 0 unspecified atom stereocenters. The van der Waals surface area contributed by atoms with Crippen LogP contribution in [0, 0.1) is 5.92 Å². The first-order chi connectivity index (χ1) is 14.9. The zero-order chi connectivity index (χ0) is 22.2. The maximum absolute atomic E-state index is 12.6. The summed E-state index contributed by atoms with van der Waals surface area (Å²) in [4.78, 5) is 27.0. The van der Waals surface area contributed by atoms with Crippen molar-refractivity contribution in [1.82, 2.24) is 10.2 Å². The van der Waals surface area contributed by atoms with Crippen LogP contribution >= 0.6 is 0 Å². The van der Waals surface area contributed by atoms with Crippen LogP contribution in [0.4, 0.5) is 0 Å². The number of aromatic hydroxyl groups is 1. The number of phenols is 1. The quantitative estimate of drug-likeness (QED) is 0.602. The number of carbonyl (C=O) groups is 2. The van der Waals surface area contributed by atoms with E-state index in [4.69, 9.17) is 4.74 Å². The number of likely N-dealkylation sites (tertiary alicyclic amines) is 1. The summed E-state index contributed by atoms with van der Waals surface area (Å²) >= 11 is 0. The highest BCUT2D eigenvalue weighted by Gasteiger charge is 2.26. The van der Waals surface area contributed by atoms with E-state index in [2.05, 4.69) is 10.2 Å². The maximum Gasteiger partial charge on any atom is 0.234 e. The number of carbonyl (C=O) groups excluding carboxylic acids is 2. The van der Waals surface area contributed by atoms with Gasteiger partial charge in [-0.2, -0.15) is 0 Å². The fourth-order valence-corrected chi connectivity index (χ4v) is 3.69. The van der Waals surface area contributed by atoms with Crippen LogP contribution in [0.25, 0.3) is 0 Å². The molecule has 0 bridgehead atoms. The molecule has 0 spiro atoms. The minimum absolute atomic E-state index is 0.00414. The van der Waals surface area contributed by atoms with Gasteiger partial charge in [0.2, 0.25) is 5.91 Å². The topological polar surface area (TPSA) is 78.9 Å². The molecule has 1 aliphatic heterocycles. The van der Waals surface area contributed by atoms with Gasteiger partial charge in [-0.1, -0.05) is 24.3 Å². The first-order valence-electron chi connectivity index (χ1n) is 10.9. The molecular formula is C25H32N2O4. The zero-order valence-electron chi connectivity index (χ0n) is 18.3. The predicted molar refractivity (Wildman–Crippen MR) is 120 cm³/mol. The molecule has 0 aliphatic carbocycles. The summed E-state index contributed by atoms with van der Waals surface area (Å²) in [6, 6.07) is 14.5. The largest absolute Gasteiger partial charge is 0.508 e. The minimum Gasteiger partial charge on any atom is -0.508 e. The van der Waals surface area contributed by atoms with Gasteiger partial charge in [0.1, 0.15) is 5.75 Å². The van der Waals surface area contributed by atoms with Crippen molar-refractivity contribution in [3.8, 4) is 5.75 Å². The third kappa shape index (κ3) is 7.19. The Kier molecular flexibility index (Phi) is 8.20. The van der Waals surface area contributed by atoms with Crippen LogP contribution in [-0.4, -0.2) is 47.4 Å². The highest BCUT2D eigenvalue weighted by atomic mass is 16.5. The van der Waals surface area contributed by atoms with E-state index in [1.54, 1.807) is 24.3 Å². The van der Waals surface area contributed by atoms with E-state index in [0.29, 0.717) is 25.3 Å². The normalized spacial score (nSPS) is 15.2. The van der Waals surface area contributed by atoms with Gasteiger partial charge in [0.05, 0.1) is 19.3 Å². The number of benzene rings is 2. The van der Waals surface area contributed by atoms with Gasteiger partial charge in [0.15, 0.2) is 5.78 Å². The lowest BCUT2D eigenvalue weighted by Crippen LogP contribution is -2.42. The Bertz CT molecular complexity index is 854. The Balaban J connectivity index is 1.38. The Hall–Kier alpha value is -2.70. The second kappa shape index (κ2) is 11.1. The van der Waals surface area contributed by atoms with Gasteiger partial charge < -0.3 is 15.2 Å². The lowest BCUT2D eigenvalue weighted by molar-refractivity contribution is -0.122. The van der Waals surface area contributed by atoms with Crippen molar-refractivity contribution in [2.75, 3.05) is 19.6 Å². The molecule has 2 N–H and O–H groups in total. The standard InChI is InChI=1S/C25H32N2O4/c1-18(2)31-17-20-5-3-19(4-6-20)15-26-24(29)16-27-13-11-22(12-14-27)25(30)21-7-9-23(28)10-8-21/h3-10,18,22,28H,11-17H2,1-2H3,(H,26,29). The summed E-state index contributed by atoms with van der Waals surface area (Å²) < 4.78 is 5.60. The molecule has 0 atom stereocenters. The predicted octanol–water partition coefficient (Wildman–Crippen LogP) is 3.53.